The minimum atomic E-state index is -0.140. The summed E-state index contributed by atoms with van der Waals surface area (Å²) in [5.74, 6) is 1.47. The summed E-state index contributed by atoms with van der Waals surface area (Å²) in [5, 5.41) is 9.09. The number of hydrogen-bond donors (Lipinski definition) is 1. The molecule has 6 rings (SSSR count). The zero-order valence-electron chi connectivity index (χ0n) is 21.7. The lowest BCUT2D eigenvalue weighted by molar-refractivity contribution is -0.114. The number of benzene rings is 1. The topological polar surface area (TPSA) is 88.3 Å². The van der Waals surface area contributed by atoms with E-state index < -0.39 is 0 Å². The van der Waals surface area contributed by atoms with Crippen LogP contribution in [0.2, 0.25) is 5.02 Å². The van der Waals surface area contributed by atoms with E-state index in [-0.39, 0.29) is 5.91 Å². The molecule has 1 N–H and O–H groups in total. The van der Waals surface area contributed by atoms with Gasteiger partial charge in [-0.05, 0) is 62.9 Å². The molecule has 2 aliphatic carbocycles. The van der Waals surface area contributed by atoms with E-state index in [1.54, 1.807) is 0 Å². The van der Waals surface area contributed by atoms with E-state index >= 15 is 0 Å². The maximum Gasteiger partial charge on any atom is 0.223 e. The SMILES string of the molecule is CC(=O)Nc1nc2c(s1)-c1c(c(-c3ccc(C)nc3)nn1-c1ccc(/N=C(\C3CC3)N(C)C)cc1Cl)CC2. The standard InChI is InChI=1S/C28H28ClN7OS/c1-15-5-6-18(14-30-15)24-20-10-11-22-26(38-28(33-22)31-16(2)37)25(20)36(34-24)23-12-9-19(13-21(23)29)32-27(35(3)4)17-7-8-17/h5-6,9,12-14,17H,7-8,10-11H2,1-4H3,(H,31,33,37)/b32-27+. The van der Waals surface area contributed by atoms with Crippen LogP contribution in [0, 0.1) is 12.8 Å². The highest BCUT2D eigenvalue weighted by Crippen LogP contribution is 2.45. The maximum absolute atomic E-state index is 11.7. The van der Waals surface area contributed by atoms with Crippen molar-refractivity contribution in [3.63, 3.8) is 0 Å². The molecule has 0 radical (unpaired) electrons. The molecule has 194 valence electrons. The molecule has 1 aromatic carbocycles. The fraction of sp³-hybridized carbons (Fsp3) is 0.321. The van der Waals surface area contributed by atoms with Crippen molar-refractivity contribution in [2.45, 2.75) is 39.5 Å². The summed E-state index contributed by atoms with van der Waals surface area (Å²) >= 11 is 8.38. The van der Waals surface area contributed by atoms with Gasteiger partial charge in [-0.1, -0.05) is 22.9 Å². The lowest BCUT2D eigenvalue weighted by atomic mass is 9.95. The number of rotatable bonds is 5. The zero-order valence-corrected chi connectivity index (χ0v) is 23.3. The third kappa shape index (κ3) is 4.61. The van der Waals surface area contributed by atoms with Crippen LogP contribution in [0.4, 0.5) is 10.8 Å². The number of aromatic nitrogens is 4. The number of carbonyl (C=O) groups excluding carboxylic acids is 1. The van der Waals surface area contributed by atoms with E-state index in [0.717, 1.165) is 68.8 Å². The quantitative estimate of drug-likeness (QED) is 0.242. The molecule has 0 spiro atoms. The summed E-state index contributed by atoms with van der Waals surface area (Å²) in [5.41, 5.74) is 7.43. The second-order valence-corrected chi connectivity index (χ2v) is 11.4. The Labute approximate surface area is 230 Å². The van der Waals surface area contributed by atoms with Gasteiger partial charge >= 0.3 is 0 Å². The van der Waals surface area contributed by atoms with Crippen molar-refractivity contribution in [1.82, 2.24) is 24.6 Å². The van der Waals surface area contributed by atoms with Crippen LogP contribution in [0.3, 0.4) is 0 Å². The third-order valence-corrected chi connectivity index (χ3v) is 8.10. The molecule has 3 heterocycles. The summed E-state index contributed by atoms with van der Waals surface area (Å²) in [6.45, 7) is 3.47. The van der Waals surface area contributed by atoms with Crippen LogP contribution >= 0.6 is 22.9 Å². The molecule has 0 aliphatic heterocycles. The number of aliphatic imine (C=N–C) groups is 1. The molecule has 0 unspecified atom stereocenters. The molecule has 0 atom stereocenters. The first-order chi connectivity index (χ1) is 18.3. The van der Waals surface area contributed by atoms with Crippen LogP contribution in [-0.4, -0.2) is 50.5 Å². The molecule has 1 amide bonds. The van der Waals surface area contributed by atoms with Crippen molar-refractivity contribution in [2.24, 2.45) is 10.9 Å². The lowest BCUT2D eigenvalue weighted by Gasteiger charge is -2.16. The van der Waals surface area contributed by atoms with Crippen LogP contribution in [0.25, 0.3) is 27.5 Å². The molecule has 3 aromatic heterocycles. The number of anilines is 1. The predicted molar refractivity (Wildman–Crippen MR) is 153 cm³/mol. The van der Waals surface area contributed by atoms with E-state index in [2.05, 4.69) is 21.3 Å². The Balaban J connectivity index is 1.50. The smallest absolute Gasteiger partial charge is 0.223 e. The highest BCUT2D eigenvalue weighted by molar-refractivity contribution is 7.19. The Kier molecular flexibility index (Phi) is 6.28. The number of nitrogens with one attached hydrogen (secondary N) is 1. The Morgan fingerprint density at radius 2 is 2.03 bits per heavy atom. The molecule has 1 saturated carbocycles. The van der Waals surface area contributed by atoms with Gasteiger partial charge in [0.05, 0.1) is 38.4 Å². The lowest BCUT2D eigenvalue weighted by Crippen LogP contribution is -2.23. The number of nitrogens with zero attached hydrogens (tertiary/aromatic N) is 6. The minimum Gasteiger partial charge on any atom is -0.366 e. The molecular formula is C28H28ClN7OS. The second-order valence-electron chi connectivity index (χ2n) is 10.0. The Hall–Kier alpha value is -3.56. The number of thiazole rings is 1. The first-order valence-corrected chi connectivity index (χ1v) is 13.9. The van der Waals surface area contributed by atoms with Crippen LogP contribution in [-0.2, 0) is 17.6 Å². The number of aryl methyl sites for hydroxylation is 2. The zero-order chi connectivity index (χ0) is 26.6. The van der Waals surface area contributed by atoms with E-state index in [1.807, 2.05) is 56.2 Å². The van der Waals surface area contributed by atoms with Gasteiger partial charge in [-0.3, -0.25) is 9.78 Å². The Morgan fingerprint density at radius 1 is 1.21 bits per heavy atom. The average Bonchev–Trinajstić information content (AvgIpc) is 3.51. The van der Waals surface area contributed by atoms with Crippen LogP contribution < -0.4 is 5.32 Å². The summed E-state index contributed by atoms with van der Waals surface area (Å²) in [6, 6.07) is 9.94. The van der Waals surface area contributed by atoms with E-state index in [0.29, 0.717) is 16.1 Å². The molecule has 4 aromatic rings. The Bertz CT molecular complexity index is 1580. The van der Waals surface area contributed by atoms with Crippen molar-refractivity contribution in [2.75, 3.05) is 19.4 Å². The van der Waals surface area contributed by atoms with Crippen molar-refractivity contribution in [3.05, 3.63) is 58.5 Å². The average molecular weight is 546 g/mol. The van der Waals surface area contributed by atoms with E-state index in [9.17, 15) is 4.79 Å². The van der Waals surface area contributed by atoms with Gasteiger partial charge in [-0.15, -0.1) is 0 Å². The van der Waals surface area contributed by atoms with Gasteiger partial charge in [0.15, 0.2) is 5.13 Å². The first-order valence-electron chi connectivity index (χ1n) is 12.7. The van der Waals surface area contributed by atoms with Crippen molar-refractivity contribution >= 4 is 45.5 Å². The fourth-order valence-corrected chi connectivity index (χ4v) is 6.23. The molecule has 10 heteroatoms. The molecule has 0 bridgehead atoms. The van der Waals surface area contributed by atoms with Gasteiger partial charge in [-0.2, -0.15) is 5.10 Å². The van der Waals surface area contributed by atoms with Crippen molar-refractivity contribution < 1.29 is 4.79 Å². The molecule has 1 fully saturated rings. The number of amidine groups is 1. The summed E-state index contributed by atoms with van der Waals surface area (Å²) < 4.78 is 1.92. The maximum atomic E-state index is 11.7. The van der Waals surface area contributed by atoms with Crippen molar-refractivity contribution in [3.8, 4) is 27.5 Å². The van der Waals surface area contributed by atoms with Gasteiger partial charge in [0.1, 0.15) is 5.84 Å². The first kappa shape index (κ1) is 24.8. The number of hydrogen-bond acceptors (Lipinski definition) is 6. The molecule has 38 heavy (non-hydrogen) atoms. The number of carbonyl (C=O) groups is 1. The van der Waals surface area contributed by atoms with Crippen LogP contribution in [0.1, 0.15) is 36.7 Å². The molecule has 8 nitrogen and oxygen atoms in total. The monoisotopic (exact) mass is 545 g/mol. The highest BCUT2D eigenvalue weighted by Gasteiger charge is 2.31. The van der Waals surface area contributed by atoms with Crippen molar-refractivity contribution in [1.29, 1.82) is 0 Å². The Morgan fingerprint density at radius 3 is 2.68 bits per heavy atom. The number of fused-ring (bicyclic) bond motifs is 3. The number of amides is 1. The minimum absolute atomic E-state index is 0.140. The summed E-state index contributed by atoms with van der Waals surface area (Å²) in [7, 11) is 4.07. The van der Waals surface area contributed by atoms with E-state index in [1.165, 1.54) is 31.1 Å². The van der Waals surface area contributed by atoms with Gasteiger partial charge < -0.3 is 10.2 Å². The van der Waals surface area contributed by atoms with Gasteiger partial charge in [0.25, 0.3) is 0 Å². The van der Waals surface area contributed by atoms with E-state index in [4.69, 9.17) is 26.7 Å². The highest BCUT2D eigenvalue weighted by atomic mass is 35.5. The van der Waals surface area contributed by atoms with Gasteiger partial charge in [-0.25, -0.2) is 14.7 Å². The molecule has 0 saturated heterocycles. The molecular weight excluding hydrogens is 518 g/mol. The van der Waals surface area contributed by atoms with Crippen LogP contribution in [0.15, 0.2) is 41.5 Å². The largest absolute Gasteiger partial charge is 0.366 e. The fourth-order valence-electron chi connectivity index (χ4n) is 4.86. The number of halogens is 1. The third-order valence-electron chi connectivity index (χ3n) is 6.78. The van der Waals surface area contributed by atoms with Crippen LogP contribution in [0.5, 0.6) is 0 Å². The van der Waals surface area contributed by atoms with Gasteiger partial charge in [0.2, 0.25) is 5.91 Å². The van der Waals surface area contributed by atoms with Gasteiger partial charge in [0, 0.05) is 50.0 Å². The summed E-state index contributed by atoms with van der Waals surface area (Å²) in [4.78, 5) is 28.9. The summed E-state index contributed by atoms with van der Waals surface area (Å²) in [6.07, 6.45) is 5.77. The normalized spacial score (nSPS) is 14.7. The predicted octanol–water partition coefficient (Wildman–Crippen LogP) is 6.08. The molecule has 2 aliphatic rings. The number of pyridine rings is 1. The second kappa shape index (κ2) is 9.63.